The normalized spacial score (nSPS) is 14.7. The van der Waals surface area contributed by atoms with Gasteiger partial charge in [0.25, 0.3) is 10.0 Å². The maximum absolute atomic E-state index is 13.3. The number of anilines is 2. The van der Waals surface area contributed by atoms with Gasteiger partial charge in [-0.25, -0.2) is 12.8 Å². The van der Waals surface area contributed by atoms with Crippen molar-refractivity contribution >= 4 is 32.4 Å². The first kappa shape index (κ1) is 21.1. The fourth-order valence-electron chi connectivity index (χ4n) is 3.90. The number of hydrogen-bond acceptors (Lipinski definition) is 5. The summed E-state index contributed by atoms with van der Waals surface area (Å²) < 4.78 is 44.3. The molecule has 8 nitrogen and oxygen atoms in total. The lowest BCUT2D eigenvalue weighted by molar-refractivity contribution is 0.578. The van der Waals surface area contributed by atoms with Crippen LogP contribution in [0.2, 0.25) is 0 Å². The van der Waals surface area contributed by atoms with E-state index in [-0.39, 0.29) is 4.90 Å². The summed E-state index contributed by atoms with van der Waals surface area (Å²) in [5.74, 6) is -0.533. The van der Waals surface area contributed by atoms with Gasteiger partial charge in [0.2, 0.25) is 0 Å². The molecule has 0 radical (unpaired) electrons. The Labute approximate surface area is 178 Å². The lowest BCUT2D eigenvalue weighted by atomic mass is 10.1. The van der Waals surface area contributed by atoms with Gasteiger partial charge in [-0.2, -0.15) is 0 Å². The van der Waals surface area contributed by atoms with E-state index in [1.807, 2.05) is 0 Å². The number of nitrogens with one attached hydrogen (secondary N) is 1. The second kappa shape index (κ2) is 7.84. The van der Waals surface area contributed by atoms with Crippen LogP contribution in [0, 0.1) is 5.82 Å². The Morgan fingerprint density at radius 2 is 1.42 bits per heavy atom. The number of aromatic nitrogens is 2. The van der Waals surface area contributed by atoms with Crippen LogP contribution >= 0.6 is 0 Å². The quantitative estimate of drug-likeness (QED) is 0.620. The summed E-state index contributed by atoms with van der Waals surface area (Å²) in [6.07, 6.45) is 3.02. The van der Waals surface area contributed by atoms with Crippen molar-refractivity contribution in [2.45, 2.75) is 24.2 Å². The van der Waals surface area contributed by atoms with Gasteiger partial charge in [0.1, 0.15) is 5.82 Å². The van der Waals surface area contributed by atoms with Crippen LogP contribution in [0.3, 0.4) is 0 Å². The summed E-state index contributed by atoms with van der Waals surface area (Å²) in [4.78, 5) is 26.6. The molecule has 4 rings (SSSR count). The first-order chi connectivity index (χ1) is 14.7. The highest BCUT2D eigenvalue weighted by molar-refractivity contribution is 7.92. The van der Waals surface area contributed by atoms with Crippen LogP contribution in [0.5, 0.6) is 0 Å². The van der Waals surface area contributed by atoms with Gasteiger partial charge < -0.3 is 14.0 Å². The Kier molecular flexibility index (Phi) is 5.34. The van der Waals surface area contributed by atoms with Crippen LogP contribution in [-0.4, -0.2) is 30.6 Å². The molecule has 3 aromatic rings. The van der Waals surface area contributed by atoms with Crippen LogP contribution in [0.4, 0.5) is 15.8 Å². The molecule has 0 amide bonds. The molecular formula is C21H23FN4O4S. The van der Waals surface area contributed by atoms with Crippen molar-refractivity contribution in [2.24, 2.45) is 14.1 Å². The number of benzene rings is 2. The number of rotatable bonds is 4. The van der Waals surface area contributed by atoms with Crippen LogP contribution in [0.25, 0.3) is 11.0 Å². The third-order valence-electron chi connectivity index (χ3n) is 5.67. The number of nitrogens with zero attached hydrogens (tertiary/aromatic N) is 3. The Morgan fingerprint density at radius 1 is 0.871 bits per heavy atom. The summed E-state index contributed by atoms with van der Waals surface area (Å²) in [7, 11) is -1.00. The van der Waals surface area contributed by atoms with Gasteiger partial charge >= 0.3 is 11.1 Å². The first-order valence-corrected chi connectivity index (χ1v) is 11.4. The molecule has 1 aliphatic rings. The molecule has 164 valence electrons. The van der Waals surface area contributed by atoms with Crippen LogP contribution < -0.4 is 20.7 Å². The molecule has 1 fully saturated rings. The predicted octanol–water partition coefficient (Wildman–Crippen LogP) is 2.17. The van der Waals surface area contributed by atoms with Crippen molar-refractivity contribution in [1.29, 1.82) is 0 Å². The topological polar surface area (TPSA) is 93.4 Å². The molecule has 31 heavy (non-hydrogen) atoms. The second-order valence-corrected chi connectivity index (χ2v) is 9.38. The van der Waals surface area contributed by atoms with Gasteiger partial charge in [-0.05, 0) is 55.7 Å². The summed E-state index contributed by atoms with van der Waals surface area (Å²) in [6, 6.07) is 7.86. The highest BCUT2D eigenvalue weighted by atomic mass is 32.2. The Hall–Kier alpha value is -3.14. The van der Waals surface area contributed by atoms with E-state index in [2.05, 4.69) is 9.62 Å². The Bertz CT molecular complexity index is 1370. The van der Waals surface area contributed by atoms with Crippen molar-refractivity contribution in [3.8, 4) is 0 Å². The molecule has 0 spiro atoms. The van der Waals surface area contributed by atoms with Gasteiger partial charge in [-0.15, -0.1) is 0 Å². The summed E-state index contributed by atoms with van der Waals surface area (Å²) in [5.41, 5.74) is 0.522. The Morgan fingerprint density at radius 3 is 2.00 bits per heavy atom. The van der Waals surface area contributed by atoms with E-state index in [9.17, 15) is 22.4 Å². The van der Waals surface area contributed by atoms with E-state index in [0.717, 1.165) is 44.5 Å². The van der Waals surface area contributed by atoms with E-state index in [4.69, 9.17) is 0 Å². The lowest BCUT2D eigenvalue weighted by Crippen LogP contribution is -2.39. The number of hydrogen-bond donors (Lipinski definition) is 1. The molecular weight excluding hydrogens is 423 g/mol. The van der Waals surface area contributed by atoms with Crippen LogP contribution in [0.1, 0.15) is 19.3 Å². The first-order valence-electron chi connectivity index (χ1n) is 9.96. The minimum absolute atomic E-state index is 0.0760. The average Bonchev–Trinajstić information content (AvgIpc) is 2.76. The number of halogens is 1. The zero-order valence-corrected chi connectivity index (χ0v) is 18.1. The number of sulfonamides is 1. The molecule has 2 aromatic carbocycles. The molecule has 1 aromatic heterocycles. The summed E-state index contributed by atoms with van der Waals surface area (Å²) in [6.45, 7) is 1.49. The van der Waals surface area contributed by atoms with Crippen molar-refractivity contribution in [3.05, 3.63) is 62.9 Å². The van der Waals surface area contributed by atoms with E-state index in [0.29, 0.717) is 22.4 Å². The maximum atomic E-state index is 13.3. The zero-order chi connectivity index (χ0) is 22.3. The van der Waals surface area contributed by atoms with Crippen LogP contribution in [-0.2, 0) is 24.1 Å². The number of piperidine rings is 1. The molecule has 0 saturated carbocycles. The number of fused-ring (bicyclic) bond motifs is 1. The minimum Gasteiger partial charge on any atom is -0.370 e. The highest BCUT2D eigenvalue weighted by Gasteiger charge is 2.22. The van der Waals surface area contributed by atoms with Gasteiger partial charge in [-0.1, -0.05) is 0 Å². The third kappa shape index (κ3) is 3.83. The van der Waals surface area contributed by atoms with E-state index >= 15 is 0 Å². The fraction of sp³-hybridized carbons (Fsp3) is 0.333. The van der Waals surface area contributed by atoms with Crippen molar-refractivity contribution in [1.82, 2.24) is 9.13 Å². The van der Waals surface area contributed by atoms with E-state index < -0.39 is 27.0 Å². The van der Waals surface area contributed by atoms with Gasteiger partial charge in [-0.3, -0.25) is 14.3 Å². The minimum atomic E-state index is -4.00. The molecule has 0 atom stereocenters. The van der Waals surface area contributed by atoms with Crippen molar-refractivity contribution < 1.29 is 12.8 Å². The third-order valence-corrected chi connectivity index (χ3v) is 7.05. The van der Waals surface area contributed by atoms with Crippen molar-refractivity contribution in [3.63, 3.8) is 0 Å². The molecule has 10 heteroatoms. The van der Waals surface area contributed by atoms with Crippen LogP contribution in [0.15, 0.2) is 50.9 Å². The highest BCUT2D eigenvalue weighted by Crippen LogP contribution is 2.34. The molecule has 0 bridgehead atoms. The van der Waals surface area contributed by atoms with Gasteiger partial charge in [0, 0.05) is 27.2 Å². The van der Waals surface area contributed by atoms with Gasteiger partial charge in [0.05, 0.1) is 27.3 Å². The summed E-state index contributed by atoms with van der Waals surface area (Å²) >= 11 is 0. The molecule has 1 saturated heterocycles. The molecule has 0 aliphatic carbocycles. The van der Waals surface area contributed by atoms with E-state index in [1.54, 1.807) is 12.1 Å². The van der Waals surface area contributed by atoms with Crippen molar-refractivity contribution in [2.75, 3.05) is 22.7 Å². The largest absolute Gasteiger partial charge is 0.370 e. The predicted molar refractivity (Wildman–Crippen MR) is 118 cm³/mol. The standard InChI is InChI=1S/C21H23FN4O4S/c1-24-18-12-16(23-31(29,30)15-8-6-14(22)7-9-15)17(26-10-4-3-5-11-26)13-19(18)25(2)21(28)20(24)27/h6-9,12-13,23H,3-5,10-11H2,1-2H3. The molecule has 0 unspecified atom stereocenters. The van der Waals surface area contributed by atoms with E-state index in [1.165, 1.54) is 35.4 Å². The number of aryl methyl sites for hydroxylation is 2. The molecule has 1 aliphatic heterocycles. The Balaban J connectivity index is 1.92. The summed E-state index contributed by atoms with van der Waals surface area (Å²) in [5, 5.41) is 0. The van der Waals surface area contributed by atoms with Gasteiger partial charge in [0.15, 0.2) is 0 Å². The molecule has 1 N–H and O–H groups in total. The zero-order valence-electron chi connectivity index (χ0n) is 17.3. The lowest BCUT2D eigenvalue weighted by Gasteiger charge is -2.31. The fourth-order valence-corrected chi connectivity index (χ4v) is 4.97. The average molecular weight is 447 g/mol. The monoisotopic (exact) mass is 446 g/mol. The SMILES string of the molecule is Cn1c(=O)c(=O)n(C)c2cc(N3CCCCC3)c(NS(=O)(=O)c3ccc(F)cc3)cc21. The molecule has 2 heterocycles. The maximum Gasteiger partial charge on any atom is 0.316 e. The smallest absolute Gasteiger partial charge is 0.316 e. The second-order valence-electron chi connectivity index (χ2n) is 7.69.